The van der Waals surface area contributed by atoms with Crippen LogP contribution < -0.4 is 5.32 Å². The quantitative estimate of drug-likeness (QED) is 0.726. The third kappa shape index (κ3) is 4.39. The number of anilines is 1. The molecule has 7 nitrogen and oxygen atoms in total. The van der Waals surface area contributed by atoms with Crippen LogP contribution in [0.15, 0.2) is 30.6 Å². The summed E-state index contributed by atoms with van der Waals surface area (Å²) in [5.74, 6) is 0. The number of aromatic nitrogens is 3. The molecule has 26 heavy (non-hydrogen) atoms. The fourth-order valence-electron chi connectivity index (χ4n) is 2.45. The molecule has 0 bridgehead atoms. The number of carbonyl (C=O) groups is 1. The van der Waals surface area contributed by atoms with Crippen molar-refractivity contribution in [2.75, 3.05) is 19.0 Å². The van der Waals surface area contributed by atoms with Crippen LogP contribution in [-0.2, 0) is 16.0 Å². The molecule has 0 spiro atoms. The molecule has 0 radical (unpaired) electrons. The average Bonchev–Trinajstić information content (AvgIpc) is 3.17. The van der Waals surface area contributed by atoms with Crippen LogP contribution in [0, 0.1) is 0 Å². The lowest BCUT2D eigenvalue weighted by atomic mass is 10.1. The highest BCUT2D eigenvalue weighted by atomic mass is 32.1. The molecule has 1 aromatic carbocycles. The van der Waals surface area contributed by atoms with E-state index in [1.54, 1.807) is 13.3 Å². The third-order valence-corrected chi connectivity index (χ3v) is 4.51. The second-order valence-corrected chi connectivity index (χ2v) is 7.82. The van der Waals surface area contributed by atoms with Crippen molar-refractivity contribution in [1.82, 2.24) is 14.8 Å². The Morgan fingerprint density at radius 3 is 2.85 bits per heavy atom. The van der Waals surface area contributed by atoms with E-state index >= 15 is 0 Å². The number of benzene rings is 1. The fourth-order valence-corrected chi connectivity index (χ4v) is 3.25. The van der Waals surface area contributed by atoms with E-state index in [0.29, 0.717) is 18.3 Å². The van der Waals surface area contributed by atoms with E-state index in [1.807, 2.05) is 43.8 Å². The van der Waals surface area contributed by atoms with Crippen molar-refractivity contribution >= 4 is 33.5 Å². The summed E-state index contributed by atoms with van der Waals surface area (Å²) in [4.78, 5) is 17.1. The summed E-state index contributed by atoms with van der Waals surface area (Å²) < 4.78 is 12.3. The lowest BCUT2D eigenvalue weighted by Crippen LogP contribution is -2.27. The summed E-state index contributed by atoms with van der Waals surface area (Å²) >= 11 is 1.40. The zero-order valence-corrected chi connectivity index (χ0v) is 16.1. The van der Waals surface area contributed by atoms with Crippen LogP contribution in [0.1, 0.15) is 20.8 Å². The Morgan fingerprint density at radius 1 is 1.31 bits per heavy atom. The number of fused-ring (bicyclic) bond motifs is 1. The Kier molecular flexibility index (Phi) is 5.24. The first-order chi connectivity index (χ1) is 12.4. The van der Waals surface area contributed by atoms with Crippen LogP contribution in [0.4, 0.5) is 9.93 Å². The fraction of sp³-hybridized carbons (Fsp3) is 0.389. The molecule has 0 atom stereocenters. The molecule has 138 valence electrons. The number of nitrogens with one attached hydrogen (secondary N) is 1. The van der Waals surface area contributed by atoms with Gasteiger partial charge in [-0.05, 0) is 38.5 Å². The second-order valence-electron chi connectivity index (χ2n) is 6.79. The molecule has 3 aromatic rings. The summed E-state index contributed by atoms with van der Waals surface area (Å²) in [6, 6.07) is 6.13. The Bertz CT molecular complexity index is 911. The van der Waals surface area contributed by atoms with Crippen LogP contribution in [0.5, 0.6) is 0 Å². The van der Waals surface area contributed by atoms with Gasteiger partial charge >= 0.3 is 6.09 Å². The number of carbonyl (C=O) groups excluding carboxylic acids is 1. The lowest BCUT2D eigenvalue weighted by molar-refractivity contribution is 0.0636. The molecule has 0 saturated heterocycles. The van der Waals surface area contributed by atoms with Crippen molar-refractivity contribution in [2.24, 2.45) is 0 Å². The molecule has 2 aromatic heterocycles. The molecule has 1 N–H and O–H groups in total. The predicted molar refractivity (Wildman–Crippen MR) is 103 cm³/mol. The Hall–Kier alpha value is -2.45. The van der Waals surface area contributed by atoms with Crippen LogP contribution in [0.25, 0.3) is 21.3 Å². The largest absolute Gasteiger partial charge is 0.444 e. The first-order valence-corrected chi connectivity index (χ1v) is 9.08. The van der Waals surface area contributed by atoms with Gasteiger partial charge in [0.15, 0.2) is 5.13 Å². The minimum absolute atomic E-state index is 0.505. The number of rotatable bonds is 5. The van der Waals surface area contributed by atoms with Gasteiger partial charge in [0.2, 0.25) is 0 Å². The molecule has 0 fully saturated rings. The molecule has 0 unspecified atom stereocenters. The number of amides is 1. The number of hydrogen-bond donors (Lipinski definition) is 1. The first-order valence-electron chi connectivity index (χ1n) is 8.26. The normalized spacial score (nSPS) is 11.7. The molecule has 1 amide bonds. The first kappa shape index (κ1) is 18.3. The Labute approximate surface area is 155 Å². The highest BCUT2D eigenvalue weighted by Gasteiger charge is 2.17. The highest BCUT2D eigenvalue weighted by molar-refractivity contribution is 7.19. The van der Waals surface area contributed by atoms with E-state index in [1.165, 1.54) is 11.3 Å². The van der Waals surface area contributed by atoms with Gasteiger partial charge in [0.05, 0.1) is 29.7 Å². The van der Waals surface area contributed by atoms with Crippen molar-refractivity contribution in [3.8, 4) is 10.4 Å². The van der Waals surface area contributed by atoms with Gasteiger partial charge in [-0.15, -0.1) is 0 Å². The van der Waals surface area contributed by atoms with E-state index < -0.39 is 11.7 Å². The Balaban J connectivity index is 1.75. The van der Waals surface area contributed by atoms with E-state index in [0.717, 1.165) is 21.3 Å². The van der Waals surface area contributed by atoms with Crippen molar-refractivity contribution in [1.29, 1.82) is 0 Å². The van der Waals surface area contributed by atoms with Gasteiger partial charge < -0.3 is 9.47 Å². The van der Waals surface area contributed by atoms with Crippen molar-refractivity contribution in [3.05, 3.63) is 30.6 Å². The highest BCUT2D eigenvalue weighted by Crippen LogP contribution is 2.31. The van der Waals surface area contributed by atoms with Gasteiger partial charge in [0.1, 0.15) is 5.60 Å². The third-order valence-electron chi connectivity index (χ3n) is 3.55. The Morgan fingerprint density at radius 2 is 2.12 bits per heavy atom. The van der Waals surface area contributed by atoms with Gasteiger partial charge in [0.25, 0.3) is 0 Å². The number of nitrogens with zero attached hydrogens (tertiary/aromatic N) is 3. The molecule has 8 heteroatoms. The molecular weight excluding hydrogens is 352 g/mol. The van der Waals surface area contributed by atoms with Gasteiger partial charge in [-0.1, -0.05) is 17.4 Å². The molecule has 3 rings (SSSR count). The van der Waals surface area contributed by atoms with Gasteiger partial charge in [0, 0.05) is 18.7 Å². The van der Waals surface area contributed by atoms with Crippen molar-refractivity contribution in [2.45, 2.75) is 32.9 Å². The number of methoxy groups -OCH3 is 1. The van der Waals surface area contributed by atoms with E-state index in [4.69, 9.17) is 9.47 Å². The molecular formula is C18H22N4O3S. The smallest absolute Gasteiger partial charge is 0.413 e. The molecule has 0 saturated carbocycles. The van der Waals surface area contributed by atoms with Crippen molar-refractivity contribution in [3.63, 3.8) is 0 Å². The maximum absolute atomic E-state index is 11.8. The van der Waals surface area contributed by atoms with Crippen LogP contribution >= 0.6 is 11.3 Å². The van der Waals surface area contributed by atoms with Crippen LogP contribution in [-0.4, -0.2) is 40.2 Å². The van der Waals surface area contributed by atoms with Crippen LogP contribution in [0.2, 0.25) is 0 Å². The van der Waals surface area contributed by atoms with Crippen LogP contribution in [0.3, 0.4) is 0 Å². The lowest BCUT2D eigenvalue weighted by Gasteiger charge is -2.18. The number of thiazole rings is 1. The maximum atomic E-state index is 11.8. The minimum Gasteiger partial charge on any atom is -0.444 e. The summed E-state index contributed by atoms with van der Waals surface area (Å²) in [6.07, 6.45) is 3.08. The zero-order valence-electron chi connectivity index (χ0n) is 15.3. The summed E-state index contributed by atoms with van der Waals surface area (Å²) in [5, 5.41) is 8.62. The predicted octanol–water partition coefficient (Wildman–Crippen LogP) is 4.15. The second kappa shape index (κ2) is 7.43. The van der Waals surface area contributed by atoms with Crippen molar-refractivity contribution < 1.29 is 14.3 Å². The molecule has 0 aliphatic carbocycles. The van der Waals surface area contributed by atoms with Gasteiger partial charge in [-0.3, -0.25) is 10.00 Å². The average molecular weight is 374 g/mol. The summed E-state index contributed by atoms with van der Waals surface area (Å²) in [5.41, 5.74) is 1.54. The number of hydrogen-bond acceptors (Lipinski definition) is 6. The monoisotopic (exact) mass is 374 g/mol. The van der Waals surface area contributed by atoms with E-state index in [-0.39, 0.29) is 0 Å². The summed E-state index contributed by atoms with van der Waals surface area (Å²) in [6.45, 7) is 6.79. The standard InChI is InChI=1S/C18H22N4O3S/c1-18(2,3)25-17(23)21-16-19-11-15(26-16)12-5-6-14-13(9-12)10-20-22(14)7-8-24-4/h5-6,9-11H,7-8H2,1-4H3,(H,19,21,23). The molecule has 0 aliphatic heterocycles. The molecule has 0 aliphatic rings. The molecule has 2 heterocycles. The SMILES string of the molecule is COCCn1ncc2cc(-c3cnc(NC(=O)OC(C)(C)C)s3)ccc21. The maximum Gasteiger partial charge on any atom is 0.413 e. The minimum atomic E-state index is -0.543. The van der Waals surface area contributed by atoms with Gasteiger partial charge in [-0.2, -0.15) is 5.10 Å². The number of ether oxygens (including phenoxy) is 2. The zero-order chi connectivity index (χ0) is 18.7. The van der Waals surface area contributed by atoms with Gasteiger partial charge in [-0.25, -0.2) is 9.78 Å². The van der Waals surface area contributed by atoms with E-state index in [9.17, 15) is 4.79 Å². The summed E-state index contributed by atoms with van der Waals surface area (Å²) in [7, 11) is 1.68. The topological polar surface area (TPSA) is 78.3 Å². The van der Waals surface area contributed by atoms with E-state index in [2.05, 4.69) is 21.5 Å².